The van der Waals surface area contributed by atoms with E-state index in [1.807, 2.05) is 27.7 Å². The average Bonchev–Trinajstić information content (AvgIpc) is 3.41. The first kappa shape index (κ1) is 21.7. The second kappa shape index (κ2) is 9.34. The SMILES string of the molecule is CCn1ccc(Cc2nc(Cc3ccc(OC)c(F)c3)nn2-c2ccc(C(C)C)cc2)n1. The van der Waals surface area contributed by atoms with E-state index in [9.17, 15) is 4.39 Å². The van der Waals surface area contributed by atoms with E-state index in [4.69, 9.17) is 14.8 Å². The van der Waals surface area contributed by atoms with Crippen LogP contribution in [0.1, 0.15) is 55.2 Å². The Labute approximate surface area is 187 Å². The molecule has 7 heteroatoms. The van der Waals surface area contributed by atoms with Crippen molar-refractivity contribution in [3.8, 4) is 11.4 Å². The van der Waals surface area contributed by atoms with Crippen molar-refractivity contribution in [3.05, 3.63) is 89.0 Å². The summed E-state index contributed by atoms with van der Waals surface area (Å²) in [5, 5.41) is 9.36. The zero-order valence-electron chi connectivity index (χ0n) is 18.9. The van der Waals surface area contributed by atoms with Gasteiger partial charge in [-0.15, -0.1) is 0 Å². The second-order valence-corrected chi connectivity index (χ2v) is 8.09. The van der Waals surface area contributed by atoms with Gasteiger partial charge in [-0.05, 0) is 54.3 Å². The van der Waals surface area contributed by atoms with Gasteiger partial charge in [0.1, 0.15) is 5.82 Å². The van der Waals surface area contributed by atoms with E-state index in [0.29, 0.717) is 24.6 Å². The lowest BCUT2D eigenvalue weighted by molar-refractivity contribution is 0.386. The van der Waals surface area contributed by atoms with Crippen LogP contribution in [0.25, 0.3) is 5.69 Å². The fourth-order valence-electron chi connectivity index (χ4n) is 3.63. The third-order valence-corrected chi connectivity index (χ3v) is 5.46. The van der Waals surface area contributed by atoms with E-state index >= 15 is 0 Å². The van der Waals surface area contributed by atoms with Crippen LogP contribution in [-0.4, -0.2) is 31.7 Å². The zero-order valence-corrected chi connectivity index (χ0v) is 18.9. The molecule has 6 nitrogen and oxygen atoms in total. The van der Waals surface area contributed by atoms with Gasteiger partial charge in [-0.25, -0.2) is 14.1 Å². The molecule has 0 bridgehead atoms. The van der Waals surface area contributed by atoms with Crippen molar-refractivity contribution < 1.29 is 9.13 Å². The van der Waals surface area contributed by atoms with E-state index in [0.717, 1.165) is 29.3 Å². The summed E-state index contributed by atoms with van der Waals surface area (Å²) < 4.78 is 22.9. The van der Waals surface area contributed by atoms with Gasteiger partial charge in [0.25, 0.3) is 0 Å². The van der Waals surface area contributed by atoms with Gasteiger partial charge < -0.3 is 4.74 Å². The second-order valence-electron chi connectivity index (χ2n) is 8.09. The Morgan fingerprint density at radius 1 is 1.00 bits per heavy atom. The van der Waals surface area contributed by atoms with Gasteiger partial charge >= 0.3 is 0 Å². The highest BCUT2D eigenvalue weighted by Gasteiger charge is 2.15. The van der Waals surface area contributed by atoms with E-state index in [-0.39, 0.29) is 11.6 Å². The number of hydrogen-bond acceptors (Lipinski definition) is 4. The van der Waals surface area contributed by atoms with Crippen LogP contribution in [0.3, 0.4) is 0 Å². The molecule has 32 heavy (non-hydrogen) atoms. The first-order valence-electron chi connectivity index (χ1n) is 10.9. The van der Waals surface area contributed by atoms with Crippen molar-refractivity contribution in [1.82, 2.24) is 24.5 Å². The highest BCUT2D eigenvalue weighted by Crippen LogP contribution is 2.21. The molecule has 0 spiro atoms. The lowest BCUT2D eigenvalue weighted by atomic mass is 10.0. The predicted octanol–water partition coefficient (Wildman–Crippen LogP) is 4.94. The topological polar surface area (TPSA) is 57.8 Å². The summed E-state index contributed by atoms with van der Waals surface area (Å²) in [6.45, 7) is 7.22. The summed E-state index contributed by atoms with van der Waals surface area (Å²) in [5.41, 5.74) is 3.93. The number of methoxy groups -OCH3 is 1. The number of halogens is 1. The van der Waals surface area contributed by atoms with Crippen molar-refractivity contribution in [2.24, 2.45) is 0 Å². The predicted molar refractivity (Wildman–Crippen MR) is 122 cm³/mol. The van der Waals surface area contributed by atoms with E-state index in [2.05, 4.69) is 50.1 Å². The van der Waals surface area contributed by atoms with Crippen LogP contribution in [0.15, 0.2) is 54.7 Å². The Morgan fingerprint density at radius 2 is 1.78 bits per heavy atom. The summed E-state index contributed by atoms with van der Waals surface area (Å²) in [6.07, 6.45) is 2.95. The summed E-state index contributed by atoms with van der Waals surface area (Å²) in [6, 6.07) is 15.3. The molecule has 0 unspecified atom stereocenters. The Bertz CT molecular complexity index is 1190. The Balaban J connectivity index is 1.67. The van der Waals surface area contributed by atoms with Crippen LogP contribution in [-0.2, 0) is 19.4 Å². The smallest absolute Gasteiger partial charge is 0.165 e. The first-order chi connectivity index (χ1) is 15.5. The molecule has 0 saturated carbocycles. The molecule has 2 heterocycles. The van der Waals surface area contributed by atoms with Gasteiger partial charge in [0.05, 0.1) is 24.9 Å². The highest BCUT2D eigenvalue weighted by molar-refractivity contribution is 5.37. The van der Waals surface area contributed by atoms with Crippen LogP contribution in [0.5, 0.6) is 5.75 Å². The number of ether oxygens (including phenoxy) is 1. The quantitative estimate of drug-likeness (QED) is 0.395. The molecular weight excluding hydrogens is 405 g/mol. The Hall–Kier alpha value is -3.48. The maximum Gasteiger partial charge on any atom is 0.165 e. The fraction of sp³-hybridized carbons (Fsp3) is 0.320. The van der Waals surface area contributed by atoms with Gasteiger partial charge in [-0.3, -0.25) is 4.68 Å². The monoisotopic (exact) mass is 433 g/mol. The zero-order chi connectivity index (χ0) is 22.7. The molecule has 0 aliphatic carbocycles. The van der Waals surface area contributed by atoms with Crippen molar-refractivity contribution in [3.63, 3.8) is 0 Å². The molecule has 2 aromatic heterocycles. The normalized spacial score (nSPS) is 11.3. The maximum absolute atomic E-state index is 14.1. The largest absolute Gasteiger partial charge is 0.494 e. The third kappa shape index (κ3) is 4.72. The summed E-state index contributed by atoms with van der Waals surface area (Å²) in [5.74, 6) is 1.72. The summed E-state index contributed by atoms with van der Waals surface area (Å²) in [4.78, 5) is 4.79. The molecule has 4 rings (SSSR count). The van der Waals surface area contributed by atoms with Crippen LogP contribution < -0.4 is 4.74 Å². The Morgan fingerprint density at radius 3 is 2.41 bits per heavy atom. The molecule has 0 saturated heterocycles. The number of aryl methyl sites for hydroxylation is 1. The maximum atomic E-state index is 14.1. The van der Waals surface area contributed by atoms with Crippen molar-refractivity contribution in [2.75, 3.05) is 7.11 Å². The number of nitrogens with zero attached hydrogens (tertiary/aromatic N) is 5. The van der Waals surface area contributed by atoms with Gasteiger partial charge in [-0.1, -0.05) is 32.0 Å². The number of aromatic nitrogens is 5. The van der Waals surface area contributed by atoms with Crippen molar-refractivity contribution in [1.29, 1.82) is 0 Å². The van der Waals surface area contributed by atoms with Crippen molar-refractivity contribution >= 4 is 0 Å². The molecule has 166 valence electrons. The van der Waals surface area contributed by atoms with Gasteiger partial charge in [-0.2, -0.15) is 10.2 Å². The minimum absolute atomic E-state index is 0.227. The van der Waals surface area contributed by atoms with Gasteiger partial charge in [0.15, 0.2) is 17.4 Å². The van der Waals surface area contributed by atoms with Crippen LogP contribution in [0.4, 0.5) is 4.39 Å². The van der Waals surface area contributed by atoms with E-state index in [1.54, 1.807) is 6.07 Å². The number of rotatable bonds is 8. The van der Waals surface area contributed by atoms with Gasteiger partial charge in [0.2, 0.25) is 0 Å². The van der Waals surface area contributed by atoms with Gasteiger partial charge in [0, 0.05) is 19.2 Å². The summed E-state index contributed by atoms with van der Waals surface area (Å²) in [7, 11) is 1.46. The summed E-state index contributed by atoms with van der Waals surface area (Å²) >= 11 is 0. The van der Waals surface area contributed by atoms with E-state index < -0.39 is 0 Å². The minimum atomic E-state index is -0.390. The molecule has 0 aliphatic heterocycles. The van der Waals surface area contributed by atoms with Crippen LogP contribution in [0.2, 0.25) is 0 Å². The fourth-order valence-corrected chi connectivity index (χ4v) is 3.63. The molecule has 0 amide bonds. The van der Waals surface area contributed by atoms with Crippen LogP contribution in [0, 0.1) is 5.82 Å². The molecule has 4 aromatic rings. The van der Waals surface area contributed by atoms with Crippen molar-refractivity contribution in [2.45, 2.75) is 46.1 Å². The molecular formula is C25H28FN5O. The lowest BCUT2D eigenvalue weighted by Gasteiger charge is -2.08. The molecule has 0 N–H and O–H groups in total. The average molecular weight is 434 g/mol. The lowest BCUT2D eigenvalue weighted by Crippen LogP contribution is -2.05. The Kier molecular flexibility index (Phi) is 6.35. The molecule has 0 radical (unpaired) electrons. The number of hydrogen-bond donors (Lipinski definition) is 0. The molecule has 0 atom stereocenters. The van der Waals surface area contributed by atoms with E-state index in [1.165, 1.54) is 18.7 Å². The molecule has 0 aliphatic rings. The number of benzene rings is 2. The third-order valence-electron chi connectivity index (χ3n) is 5.46. The highest BCUT2D eigenvalue weighted by atomic mass is 19.1. The first-order valence-corrected chi connectivity index (χ1v) is 10.9. The minimum Gasteiger partial charge on any atom is -0.494 e. The standard InChI is InChI=1S/C25H28FN5O/c1-5-30-13-12-20(28-30)16-25-27-24(15-18-6-11-23(32-4)22(26)14-18)29-31(25)21-9-7-19(8-10-21)17(2)3/h6-14,17H,5,15-16H2,1-4H3. The molecule has 0 fully saturated rings. The van der Waals surface area contributed by atoms with Crippen LogP contribution >= 0.6 is 0 Å². The molecule has 2 aromatic carbocycles.